The maximum absolute atomic E-state index is 12.6. The quantitative estimate of drug-likeness (QED) is 0.262. The Balaban J connectivity index is 3.16. The Labute approximate surface area is 125 Å². The molecule has 0 bridgehead atoms. The SMILES string of the molecule is CCOC(=O)C(NCCN=[N+]=[N-])(c1ccccc1)C(C)C. The fraction of sp³-hybridized carbons (Fsp3) is 0.533. The third-order valence-electron chi connectivity index (χ3n) is 3.37. The zero-order valence-corrected chi connectivity index (χ0v) is 12.7. The number of rotatable bonds is 8. The maximum atomic E-state index is 12.6. The Morgan fingerprint density at radius 3 is 2.62 bits per heavy atom. The van der Waals surface area contributed by atoms with Gasteiger partial charge in [0.1, 0.15) is 5.54 Å². The van der Waals surface area contributed by atoms with Crippen LogP contribution in [0.4, 0.5) is 0 Å². The van der Waals surface area contributed by atoms with Gasteiger partial charge in [-0.15, -0.1) is 0 Å². The summed E-state index contributed by atoms with van der Waals surface area (Å²) in [6, 6.07) is 9.48. The van der Waals surface area contributed by atoms with E-state index < -0.39 is 5.54 Å². The van der Waals surface area contributed by atoms with E-state index in [0.717, 1.165) is 5.56 Å². The van der Waals surface area contributed by atoms with Crippen LogP contribution in [0.15, 0.2) is 35.4 Å². The predicted molar refractivity (Wildman–Crippen MR) is 81.6 cm³/mol. The number of hydrogen-bond acceptors (Lipinski definition) is 4. The van der Waals surface area contributed by atoms with Gasteiger partial charge in [0.2, 0.25) is 0 Å². The first kappa shape index (κ1) is 17.0. The summed E-state index contributed by atoms with van der Waals surface area (Å²) < 4.78 is 5.28. The molecule has 114 valence electrons. The minimum Gasteiger partial charge on any atom is -0.464 e. The number of nitrogens with zero attached hydrogens (tertiary/aromatic N) is 3. The van der Waals surface area contributed by atoms with Crippen molar-refractivity contribution < 1.29 is 9.53 Å². The molecule has 0 aliphatic rings. The van der Waals surface area contributed by atoms with Crippen molar-refractivity contribution in [2.24, 2.45) is 11.0 Å². The van der Waals surface area contributed by atoms with E-state index in [-0.39, 0.29) is 18.4 Å². The number of carbonyl (C=O) groups is 1. The maximum Gasteiger partial charge on any atom is 0.331 e. The summed E-state index contributed by atoms with van der Waals surface area (Å²) in [5, 5.41) is 6.73. The molecule has 0 spiro atoms. The molecule has 21 heavy (non-hydrogen) atoms. The van der Waals surface area contributed by atoms with Crippen molar-refractivity contribution in [3.8, 4) is 0 Å². The molecule has 0 aliphatic heterocycles. The Kier molecular flexibility index (Phi) is 6.72. The Morgan fingerprint density at radius 2 is 2.10 bits per heavy atom. The lowest BCUT2D eigenvalue weighted by atomic mass is 9.79. The summed E-state index contributed by atoms with van der Waals surface area (Å²) in [5.74, 6) is -0.336. The number of benzene rings is 1. The zero-order chi connectivity index (χ0) is 15.7. The molecule has 0 fully saturated rings. The summed E-state index contributed by atoms with van der Waals surface area (Å²) in [5.41, 5.74) is 8.26. The van der Waals surface area contributed by atoms with Crippen molar-refractivity contribution >= 4 is 5.97 Å². The van der Waals surface area contributed by atoms with Gasteiger partial charge in [-0.2, -0.15) is 0 Å². The molecule has 0 heterocycles. The normalized spacial score (nSPS) is 13.3. The molecule has 1 atom stereocenters. The molecule has 1 rings (SSSR count). The van der Waals surface area contributed by atoms with E-state index in [0.29, 0.717) is 13.2 Å². The van der Waals surface area contributed by atoms with Gasteiger partial charge in [0.25, 0.3) is 0 Å². The topological polar surface area (TPSA) is 87.1 Å². The zero-order valence-electron chi connectivity index (χ0n) is 12.7. The fourth-order valence-corrected chi connectivity index (χ4v) is 2.36. The highest BCUT2D eigenvalue weighted by atomic mass is 16.5. The van der Waals surface area contributed by atoms with Crippen LogP contribution in [0.2, 0.25) is 0 Å². The van der Waals surface area contributed by atoms with Crippen molar-refractivity contribution in [1.82, 2.24) is 5.32 Å². The molecule has 0 saturated carbocycles. The van der Waals surface area contributed by atoms with Crippen LogP contribution in [-0.4, -0.2) is 25.7 Å². The number of carbonyl (C=O) groups excluding carboxylic acids is 1. The Morgan fingerprint density at radius 1 is 1.43 bits per heavy atom. The minimum absolute atomic E-state index is 0.0231. The number of nitrogens with one attached hydrogen (secondary N) is 1. The van der Waals surface area contributed by atoms with Gasteiger partial charge in [-0.1, -0.05) is 49.3 Å². The molecular formula is C15H22N4O2. The van der Waals surface area contributed by atoms with Crippen LogP contribution in [0, 0.1) is 5.92 Å². The van der Waals surface area contributed by atoms with Crippen molar-refractivity contribution in [3.05, 3.63) is 46.3 Å². The molecule has 1 N–H and O–H groups in total. The van der Waals surface area contributed by atoms with E-state index in [9.17, 15) is 4.79 Å². The third-order valence-corrected chi connectivity index (χ3v) is 3.37. The molecule has 0 saturated heterocycles. The van der Waals surface area contributed by atoms with Crippen LogP contribution < -0.4 is 5.32 Å². The minimum atomic E-state index is -0.942. The predicted octanol–water partition coefficient (Wildman–Crippen LogP) is 3.00. The molecular weight excluding hydrogens is 268 g/mol. The average molecular weight is 290 g/mol. The molecule has 1 unspecified atom stereocenters. The molecule has 1 aromatic rings. The van der Waals surface area contributed by atoms with Crippen LogP contribution >= 0.6 is 0 Å². The van der Waals surface area contributed by atoms with E-state index >= 15 is 0 Å². The Hall–Kier alpha value is -2.04. The lowest BCUT2D eigenvalue weighted by Crippen LogP contribution is -2.54. The highest BCUT2D eigenvalue weighted by molar-refractivity contribution is 5.83. The standard InChI is InChI=1S/C15H22N4O2/c1-4-21-14(20)15(12(2)3,17-10-11-18-19-16)13-8-6-5-7-9-13/h5-9,12,17H,4,10-11H2,1-3H3. The van der Waals surface area contributed by atoms with Gasteiger partial charge >= 0.3 is 5.97 Å². The molecule has 6 nitrogen and oxygen atoms in total. The van der Waals surface area contributed by atoms with Crippen LogP contribution in [0.3, 0.4) is 0 Å². The second-order valence-corrected chi connectivity index (χ2v) is 4.93. The monoisotopic (exact) mass is 290 g/mol. The number of hydrogen-bond donors (Lipinski definition) is 1. The highest BCUT2D eigenvalue weighted by Gasteiger charge is 2.44. The lowest BCUT2D eigenvalue weighted by molar-refractivity contribution is -0.154. The van der Waals surface area contributed by atoms with Crippen molar-refractivity contribution in [1.29, 1.82) is 0 Å². The van der Waals surface area contributed by atoms with Gasteiger partial charge in [0.05, 0.1) is 6.61 Å². The molecule has 6 heteroatoms. The van der Waals surface area contributed by atoms with Crippen LogP contribution in [-0.2, 0) is 15.1 Å². The van der Waals surface area contributed by atoms with Gasteiger partial charge in [-0.25, -0.2) is 4.79 Å². The van der Waals surface area contributed by atoms with Gasteiger partial charge in [0.15, 0.2) is 0 Å². The fourth-order valence-electron chi connectivity index (χ4n) is 2.36. The first-order chi connectivity index (χ1) is 10.1. The largest absolute Gasteiger partial charge is 0.464 e. The van der Waals surface area contributed by atoms with Crippen LogP contribution in [0.25, 0.3) is 10.4 Å². The summed E-state index contributed by atoms with van der Waals surface area (Å²) in [4.78, 5) is 15.3. The first-order valence-corrected chi connectivity index (χ1v) is 7.08. The highest BCUT2D eigenvalue weighted by Crippen LogP contribution is 2.31. The van der Waals surface area contributed by atoms with E-state index in [4.69, 9.17) is 10.3 Å². The summed E-state index contributed by atoms with van der Waals surface area (Å²) in [6.45, 7) is 6.70. The summed E-state index contributed by atoms with van der Waals surface area (Å²) in [7, 11) is 0. The van der Waals surface area contributed by atoms with Crippen molar-refractivity contribution in [2.45, 2.75) is 26.3 Å². The number of azide groups is 1. The van der Waals surface area contributed by atoms with E-state index in [1.165, 1.54) is 0 Å². The second-order valence-electron chi connectivity index (χ2n) is 4.93. The Bertz CT molecular complexity index is 498. The molecule has 1 aromatic carbocycles. The van der Waals surface area contributed by atoms with Crippen molar-refractivity contribution in [2.75, 3.05) is 19.7 Å². The molecule has 0 aliphatic carbocycles. The summed E-state index contributed by atoms with van der Waals surface area (Å²) in [6.07, 6.45) is 0. The van der Waals surface area contributed by atoms with E-state index in [2.05, 4.69) is 15.3 Å². The third kappa shape index (κ3) is 3.97. The number of ether oxygens (including phenoxy) is 1. The lowest BCUT2D eigenvalue weighted by Gasteiger charge is -2.36. The summed E-state index contributed by atoms with van der Waals surface area (Å²) >= 11 is 0. The van der Waals surface area contributed by atoms with Gasteiger partial charge in [-0.05, 0) is 23.9 Å². The van der Waals surface area contributed by atoms with Crippen molar-refractivity contribution in [3.63, 3.8) is 0 Å². The van der Waals surface area contributed by atoms with Gasteiger partial charge in [0, 0.05) is 18.0 Å². The van der Waals surface area contributed by atoms with Crippen LogP contribution in [0.1, 0.15) is 26.3 Å². The van der Waals surface area contributed by atoms with Gasteiger partial charge in [-0.3, -0.25) is 5.32 Å². The van der Waals surface area contributed by atoms with Gasteiger partial charge < -0.3 is 4.74 Å². The second kappa shape index (κ2) is 8.29. The first-order valence-electron chi connectivity index (χ1n) is 7.08. The smallest absolute Gasteiger partial charge is 0.331 e. The molecule has 0 amide bonds. The van der Waals surface area contributed by atoms with Crippen LogP contribution in [0.5, 0.6) is 0 Å². The average Bonchev–Trinajstić information content (AvgIpc) is 2.48. The number of esters is 1. The molecule has 0 aromatic heterocycles. The van der Waals surface area contributed by atoms with E-state index in [1.807, 2.05) is 44.2 Å². The van der Waals surface area contributed by atoms with E-state index in [1.54, 1.807) is 6.92 Å². The molecule has 0 radical (unpaired) electrons.